The minimum Gasteiger partial charge on any atom is -0.492 e. The molecule has 0 spiro atoms. The number of rotatable bonds is 5. The summed E-state index contributed by atoms with van der Waals surface area (Å²) in [5.41, 5.74) is 1.76. The summed E-state index contributed by atoms with van der Waals surface area (Å²) in [7, 11) is -3.00. The van der Waals surface area contributed by atoms with Crippen molar-refractivity contribution < 1.29 is 18.3 Å². The summed E-state index contributed by atoms with van der Waals surface area (Å²) in [5.74, 6) is 6.44. The van der Waals surface area contributed by atoms with Crippen LogP contribution in [-0.2, 0) is 9.84 Å². The van der Waals surface area contributed by atoms with Crippen LogP contribution in [0.1, 0.15) is 17.5 Å². The Balaban J connectivity index is 2.65. The number of hydrogen-bond donors (Lipinski definition) is 1. The molecule has 0 fully saturated rings. The lowest BCUT2D eigenvalue weighted by molar-refractivity contribution is 0.305. The molecule has 1 aromatic rings. The van der Waals surface area contributed by atoms with Gasteiger partial charge in [-0.15, -0.1) is 0 Å². The molecule has 0 aromatic heterocycles. The lowest BCUT2D eigenvalue weighted by Gasteiger charge is -2.08. The molecule has 0 aliphatic rings. The van der Waals surface area contributed by atoms with Crippen LogP contribution in [-0.4, -0.2) is 38.7 Å². The van der Waals surface area contributed by atoms with Gasteiger partial charge >= 0.3 is 0 Å². The monoisotopic (exact) mass is 282 g/mol. The van der Waals surface area contributed by atoms with Crippen molar-refractivity contribution in [3.63, 3.8) is 0 Å². The number of hydrogen-bond acceptors (Lipinski definition) is 4. The molecule has 0 saturated carbocycles. The van der Waals surface area contributed by atoms with Crippen molar-refractivity contribution in [2.75, 3.05) is 25.2 Å². The number of benzene rings is 1. The maximum Gasteiger partial charge on any atom is 0.150 e. The highest BCUT2D eigenvalue weighted by atomic mass is 32.2. The molecule has 0 amide bonds. The minimum absolute atomic E-state index is 0.00446. The van der Waals surface area contributed by atoms with Crippen molar-refractivity contribution in [1.82, 2.24) is 0 Å². The van der Waals surface area contributed by atoms with Gasteiger partial charge in [0.05, 0.1) is 12.4 Å². The highest BCUT2D eigenvalue weighted by Crippen LogP contribution is 2.18. The SMILES string of the molecule is Cc1cc(C#CCCO)ccc1OCCS(C)(=O)=O. The van der Waals surface area contributed by atoms with Crippen molar-refractivity contribution in [1.29, 1.82) is 0 Å². The molecule has 1 N–H and O–H groups in total. The quantitative estimate of drug-likeness (QED) is 0.823. The number of ether oxygens (including phenoxy) is 1. The first-order chi connectivity index (χ1) is 8.92. The number of aliphatic hydroxyl groups excluding tert-OH is 1. The largest absolute Gasteiger partial charge is 0.492 e. The van der Waals surface area contributed by atoms with E-state index in [1.807, 2.05) is 19.1 Å². The van der Waals surface area contributed by atoms with Crippen molar-refractivity contribution >= 4 is 9.84 Å². The molecule has 0 heterocycles. The van der Waals surface area contributed by atoms with Crippen LogP contribution in [0.4, 0.5) is 0 Å². The molecular formula is C14H18O4S. The van der Waals surface area contributed by atoms with Crippen LogP contribution in [0.2, 0.25) is 0 Å². The Labute approximate surface area is 114 Å². The highest BCUT2D eigenvalue weighted by molar-refractivity contribution is 7.90. The van der Waals surface area contributed by atoms with Crippen LogP contribution in [0.3, 0.4) is 0 Å². The van der Waals surface area contributed by atoms with Crippen molar-refractivity contribution in [3.05, 3.63) is 29.3 Å². The molecule has 0 unspecified atom stereocenters. The fourth-order valence-corrected chi connectivity index (χ4v) is 1.80. The zero-order valence-electron chi connectivity index (χ0n) is 11.1. The van der Waals surface area contributed by atoms with Gasteiger partial charge < -0.3 is 9.84 Å². The molecule has 1 rings (SSSR count). The topological polar surface area (TPSA) is 63.6 Å². The Hall–Kier alpha value is -1.51. The number of aryl methyl sites for hydroxylation is 1. The second kappa shape index (κ2) is 7.17. The average molecular weight is 282 g/mol. The Bertz CT molecular complexity index is 579. The van der Waals surface area contributed by atoms with Gasteiger partial charge in [0.1, 0.15) is 12.4 Å². The molecule has 0 radical (unpaired) electrons. The Morgan fingerprint density at radius 1 is 1.37 bits per heavy atom. The third-order valence-electron chi connectivity index (χ3n) is 2.36. The predicted octanol–water partition coefficient (Wildman–Crippen LogP) is 1.15. The van der Waals surface area contributed by atoms with Gasteiger partial charge in [-0.1, -0.05) is 11.8 Å². The Kier molecular flexibility index (Phi) is 5.87. The number of aliphatic hydroxyl groups is 1. The van der Waals surface area contributed by atoms with Gasteiger partial charge in [-0.3, -0.25) is 0 Å². The lowest BCUT2D eigenvalue weighted by atomic mass is 10.1. The molecule has 4 nitrogen and oxygen atoms in total. The fourth-order valence-electron chi connectivity index (χ4n) is 1.41. The van der Waals surface area contributed by atoms with E-state index in [1.54, 1.807) is 6.07 Å². The highest BCUT2D eigenvalue weighted by Gasteiger charge is 2.04. The summed E-state index contributed by atoms with van der Waals surface area (Å²) in [4.78, 5) is 0. The maximum absolute atomic E-state index is 11.0. The van der Waals surface area contributed by atoms with Crippen molar-refractivity contribution in [2.24, 2.45) is 0 Å². The van der Waals surface area contributed by atoms with Gasteiger partial charge in [-0.05, 0) is 30.7 Å². The van der Waals surface area contributed by atoms with Gasteiger partial charge in [-0.25, -0.2) is 8.42 Å². The molecule has 1 aromatic carbocycles. The summed E-state index contributed by atoms with van der Waals surface area (Å²) < 4.78 is 27.4. The van der Waals surface area contributed by atoms with Gasteiger partial charge in [0.2, 0.25) is 0 Å². The van der Waals surface area contributed by atoms with E-state index in [1.165, 1.54) is 6.26 Å². The van der Waals surface area contributed by atoms with E-state index < -0.39 is 9.84 Å². The van der Waals surface area contributed by atoms with Crippen molar-refractivity contribution in [3.8, 4) is 17.6 Å². The zero-order chi connectivity index (χ0) is 14.3. The van der Waals surface area contributed by atoms with Crippen LogP contribution >= 0.6 is 0 Å². The summed E-state index contributed by atoms with van der Waals surface area (Å²) in [6.45, 7) is 2.08. The first-order valence-electron chi connectivity index (χ1n) is 5.93. The zero-order valence-corrected chi connectivity index (χ0v) is 12.0. The van der Waals surface area contributed by atoms with E-state index in [2.05, 4.69) is 11.8 Å². The third-order valence-corrected chi connectivity index (χ3v) is 3.26. The molecule has 0 atom stereocenters. The van der Waals surface area contributed by atoms with Gasteiger partial charge in [-0.2, -0.15) is 0 Å². The molecule has 0 bridgehead atoms. The van der Waals surface area contributed by atoms with E-state index in [-0.39, 0.29) is 19.0 Å². The normalized spacial score (nSPS) is 10.7. The number of sulfone groups is 1. The molecule has 0 saturated heterocycles. The van der Waals surface area contributed by atoms with Crippen LogP contribution < -0.4 is 4.74 Å². The first-order valence-corrected chi connectivity index (χ1v) is 7.99. The molecule has 104 valence electrons. The standard InChI is InChI=1S/C14H18O4S/c1-12-11-13(5-3-4-8-15)6-7-14(12)18-9-10-19(2,16)17/h6-7,11,15H,4,8-10H2,1-2H3. The molecular weight excluding hydrogens is 264 g/mol. The Morgan fingerprint density at radius 2 is 2.11 bits per heavy atom. The molecule has 19 heavy (non-hydrogen) atoms. The second-order valence-electron chi connectivity index (χ2n) is 4.23. The van der Waals surface area contributed by atoms with E-state index in [0.29, 0.717) is 12.2 Å². The van der Waals surface area contributed by atoms with Gasteiger partial charge in [0.25, 0.3) is 0 Å². The molecule has 5 heteroatoms. The molecule has 0 aliphatic carbocycles. The summed E-state index contributed by atoms with van der Waals surface area (Å²) in [6.07, 6.45) is 1.63. The fraction of sp³-hybridized carbons (Fsp3) is 0.429. The van der Waals surface area contributed by atoms with E-state index in [0.717, 1.165) is 11.1 Å². The third kappa shape index (κ3) is 6.27. The van der Waals surface area contributed by atoms with E-state index in [9.17, 15) is 8.42 Å². The van der Waals surface area contributed by atoms with Crippen molar-refractivity contribution in [2.45, 2.75) is 13.3 Å². The maximum atomic E-state index is 11.0. The minimum atomic E-state index is -3.00. The summed E-state index contributed by atoms with van der Waals surface area (Å²) >= 11 is 0. The summed E-state index contributed by atoms with van der Waals surface area (Å²) in [6, 6.07) is 5.47. The van der Waals surface area contributed by atoms with Crippen LogP contribution in [0, 0.1) is 18.8 Å². The predicted molar refractivity (Wildman–Crippen MR) is 75.0 cm³/mol. The van der Waals surface area contributed by atoms with Crippen LogP contribution in [0.5, 0.6) is 5.75 Å². The second-order valence-corrected chi connectivity index (χ2v) is 6.49. The van der Waals surface area contributed by atoms with Gasteiger partial charge in [0, 0.05) is 18.2 Å². The lowest BCUT2D eigenvalue weighted by Crippen LogP contribution is -2.12. The van der Waals surface area contributed by atoms with Crippen LogP contribution in [0.15, 0.2) is 18.2 Å². The van der Waals surface area contributed by atoms with Gasteiger partial charge in [0.15, 0.2) is 9.84 Å². The van der Waals surface area contributed by atoms with E-state index >= 15 is 0 Å². The van der Waals surface area contributed by atoms with E-state index in [4.69, 9.17) is 9.84 Å². The smallest absolute Gasteiger partial charge is 0.150 e. The average Bonchev–Trinajstić information content (AvgIpc) is 2.31. The first kappa shape index (κ1) is 15.5. The Morgan fingerprint density at radius 3 is 2.68 bits per heavy atom. The summed E-state index contributed by atoms with van der Waals surface area (Å²) in [5, 5.41) is 8.63. The molecule has 0 aliphatic heterocycles. The van der Waals surface area contributed by atoms with Crippen LogP contribution in [0.25, 0.3) is 0 Å².